The van der Waals surface area contributed by atoms with Crippen LogP contribution in [0.4, 0.5) is 0 Å². The Hall–Kier alpha value is -1.72. The van der Waals surface area contributed by atoms with Gasteiger partial charge >= 0.3 is 0 Å². The molecule has 5 heteroatoms. The van der Waals surface area contributed by atoms with E-state index in [0.29, 0.717) is 0 Å². The Labute approximate surface area is 120 Å². The standard InChI is InChI=1S/C15H16BN3O/c16-13-3-1-12(2-4-13)15-6-5-14(17-18-15)11-19-7-9-20-10-8-19/h1-6H,7-11H2. The lowest BCUT2D eigenvalue weighted by atomic mass is 9.95. The average Bonchev–Trinajstić information content (AvgIpc) is 2.50. The van der Waals surface area contributed by atoms with Gasteiger partial charge in [0.15, 0.2) is 0 Å². The van der Waals surface area contributed by atoms with Gasteiger partial charge in [-0.05, 0) is 12.1 Å². The number of benzene rings is 1. The van der Waals surface area contributed by atoms with Crippen molar-refractivity contribution < 1.29 is 4.74 Å². The van der Waals surface area contributed by atoms with Gasteiger partial charge in [-0.1, -0.05) is 29.7 Å². The molecule has 0 amide bonds. The fourth-order valence-electron chi connectivity index (χ4n) is 2.24. The van der Waals surface area contributed by atoms with Gasteiger partial charge < -0.3 is 4.74 Å². The summed E-state index contributed by atoms with van der Waals surface area (Å²) >= 11 is 0. The van der Waals surface area contributed by atoms with E-state index in [4.69, 9.17) is 12.6 Å². The summed E-state index contributed by atoms with van der Waals surface area (Å²) < 4.78 is 5.34. The number of ether oxygens (including phenoxy) is 1. The number of aromatic nitrogens is 2. The van der Waals surface area contributed by atoms with Crippen LogP contribution in [0.15, 0.2) is 36.4 Å². The van der Waals surface area contributed by atoms with E-state index in [1.54, 1.807) is 0 Å². The van der Waals surface area contributed by atoms with Crippen molar-refractivity contribution in [1.82, 2.24) is 15.1 Å². The summed E-state index contributed by atoms with van der Waals surface area (Å²) in [7, 11) is 5.68. The van der Waals surface area contributed by atoms with Crippen LogP contribution in [0.2, 0.25) is 0 Å². The van der Waals surface area contributed by atoms with Crippen molar-refractivity contribution in [3.8, 4) is 11.3 Å². The molecule has 1 fully saturated rings. The molecular weight excluding hydrogens is 249 g/mol. The van der Waals surface area contributed by atoms with E-state index in [0.717, 1.165) is 55.3 Å². The quantitative estimate of drug-likeness (QED) is 0.768. The number of nitrogens with zero attached hydrogens (tertiary/aromatic N) is 3. The van der Waals surface area contributed by atoms with Crippen LogP contribution in [0, 0.1) is 0 Å². The maximum absolute atomic E-state index is 5.68. The minimum Gasteiger partial charge on any atom is -0.379 e. The predicted molar refractivity (Wildman–Crippen MR) is 79.0 cm³/mol. The molecule has 0 unspecified atom stereocenters. The largest absolute Gasteiger partial charge is 0.379 e. The van der Waals surface area contributed by atoms with Gasteiger partial charge in [-0.25, -0.2) is 0 Å². The molecule has 0 spiro atoms. The van der Waals surface area contributed by atoms with Gasteiger partial charge in [-0.2, -0.15) is 10.2 Å². The number of hydrogen-bond donors (Lipinski definition) is 0. The van der Waals surface area contributed by atoms with Gasteiger partial charge in [0.1, 0.15) is 7.85 Å². The van der Waals surface area contributed by atoms with Crippen molar-refractivity contribution in [3.63, 3.8) is 0 Å². The van der Waals surface area contributed by atoms with Gasteiger partial charge in [0, 0.05) is 25.2 Å². The zero-order valence-electron chi connectivity index (χ0n) is 11.3. The second-order valence-electron chi connectivity index (χ2n) is 4.92. The zero-order valence-corrected chi connectivity index (χ0v) is 11.3. The lowest BCUT2D eigenvalue weighted by molar-refractivity contribution is 0.0335. The second kappa shape index (κ2) is 6.16. The molecule has 0 saturated carbocycles. The Bertz CT molecular complexity index is 550. The summed E-state index contributed by atoms with van der Waals surface area (Å²) in [4.78, 5) is 2.33. The molecule has 0 bridgehead atoms. The fraction of sp³-hybridized carbons (Fsp3) is 0.333. The minimum absolute atomic E-state index is 0.755. The first-order chi connectivity index (χ1) is 9.81. The third kappa shape index (κ3) is 3.24. The minimum atomic E-state index is 0.755. The first-order valence-corrected chi connectivity index (χ1v) is 6.80. The SMILES string of the molecule is [B]c1ccc(-c2ccc(CN3CCOCC3)nn2)cc1. The molecule has 2 heterocycles. The van der Waals surface area contributed by atoms with Crippen molar-refractivity contribution in [2.75, 3.05) is 26.3 Å². The van der Waals surface area contributed by atoms with Crippen LogP contribution in [-0.4, -0.2) is 49.2 Å². The van der Waals surface area contributed by atoms with E-state index < -0.39 is 0 Å². The molecule has 1 saturated heterocycles. The molecule has 1 aromatic heterocycles. The Morgan fingerprint density at radius 3 is 2.40 bits per heavy atom. The molecule has 1 aliphatic rings. The monoisotopic (exact) mass is 265 g/mol. The van der Waals surface area contributed by atoms with Crippen molar-refractivity contribution in [2.24, 2.45) is 0 Å². The highest BCUT2D eigenvalue weighted by molar-refractivity contribution is 6.32. The number of morpholine rings is 1. The van der Waals surface area contributed by atoms with Crippen molar-refractivity contribution in [1.29, 1.82) is 0 Å². The second-order valence-corrected chi connectivity index (χ2v) is 4.92. The van der Waals surface area contributed by atoms with E-state index in [-0.39, 0.29) is 0 Å². The third-order valence-corrected chi connectivity index (χ3v) is 3.42. The van der Waals surface area contributed by atoms with E-state index in [2.05, 4.69) is 15.1 Å². The number of hydrogen-bond acceptors (Lipinski definition) is 4. The molecule has 20 heavy (non-hydrogen) atoms. The molecule has 100 valence electrons. The summed E-state index contributed by atoms with van der Waals surface area (Å²) in [5.74, 6) is 0. The highest BCUT2D eigenvalue weighted by Crippen LogP contribution is 2.15. The van der Waals surface area contributed by atoms with Crippen LogP contribution < -0.4 is 5.46 Å². The first-order valence-electron chi connectivity index (χ1n) is 6.80. The third-order valence-electron chi connectivity index (χ3n) is 3.42. The Morgan fingerprint density at radius 1 is 1.00 bits per heavy atom. The Kier molecular flexibility index (Phi) is 4.09. The summed E-state index contributed by atoms with van der Waals surface area (Å²) in [6.07, 6.45) is 0. The Morgan fingerprint density at radius 2 is 1.75 bits per heavy atom. The average molecular weight is 265 g/mol. The molecule has 0 N–H and O–H groups in total. The van der Waals surface area contributed by atoms with Crippen LogP contribution >= 0.6 is 0 Å². The van der Waals surface area contributed by atoms with Crippen molar-refractivity contribution in [3.05, 3.63) is 42.1 Å². The van der Waals surface area contributed by atoms with Crippen LogP contribution in [0.25, 0.3) is 11.3 Å². The van der Waals surface area contributed by atoms with E-state index in [1.165, 1.54) is 0 Å². The van der Waals surface area contributed by atoms with Crippen LogP contribution in [0.5, 0.6) is 0 Å². The predicted octanol–water partition coefficient (Wildman–Crippen LogP) is 0.770. The molecule has 4 nitrogen and oxygen atoms in total. The number of rotatable bonds is 3. The fourth-order valence-corrected chi connectivity index (χ4v) is 2.24. The topological polar surface area (TPSA) is 38.2 Å². The van der Waals surface area contributed by atoms with Gasteiger partial charge in [0.05, 0.1) is 24.6 Å². The van der Waals surface area contributed by atoms with Crippen LogP contribution in [0.1, 0.15) is 5.69 Å². The molecule has 3 rings (SSSR count). The lowest BCUT2D eigenvalue weighted by Gasteiger charge is -2.25. The van der Waals surface area contributed by atoms with E-state index >= 15 is 0 Å². The molecule has 2 radical (unpaired) electrons. The maximum atomic E-state index is 5.68. The van der Waals surface area contributed by atoms with Gasteiger partial charge in [0.25, 0.3) is 0 Å². The summed E-state index contributed by atoms with van der Waals surface area (Å²) in [6, 6.07) is 11.7. The highest BCUT2D eigenvalue weighted by Gasteiger charge is 2.11. The van der Waals surface area contributed by atoms with Gasteiger partial charge in [0.2, 0.25) is 0 Å². The smallest absolute Gasteiger partial charge is 0.113 e. The summed E-state index contributed by atoms with van der Waals surface area (Å²) in [5, 5.41) is 8.60. The highest BCUT2D eigenvalue weighted by atomic mass is 16.5. The summed E-state index contributed by atoms with van der Waals surface area (Å²) in [5.41, 5.74) is 3.65. The first kappa shape index (κ1) is 13.3. The Balaban J connectivity index is 1.69. The molecule has 1 aliphatic heterocycles. The van der Waals surface area contributed by atoms with Gasteiger partial charge in [-0.15, -0.1) is 0 Å². The van der Waals surface area contributed by atoms with Crippen molar-refractivity contribution >= 4 is 13.3 Å². The van der Waals surface area contributed by atoms with Gasteiger partial charge in [-0.3, -0.25) is 4.90 Å². The van der Waals surface area contributed by atoms with E-state index in [9.17, 15) is 0 Å². The van der Waals surface area contributed by atoms with Crippen LogP contribution in [0.3, 0.4) is 0 Å². The zero-order chi connectivity index (χ0) is 13.8. The normalized spacial score (nSPS) is 16.2. The van der Waals surface area contributed by atoms with Crippen LogP contribution in [-0.2, 0) is 11.3 Å². The maximum Gasteiger partial charge on any atom is 0.113 e. The lowest BCUT2D eigenvalue weighted by Crippen LogP contribution is -2.35. The van der Waals surface area contributed by atoms with Crippen molar-refractivity contribution in [2.45, 2.75) is 6.54 Å². The summed E-state index contributed by atoms with van der Waals surface area (Å²) in [6.45, 7) is 4.36. The molecule has 0 aliphatic carbocycles. The molecule has 0 atom stereocenters. The molecule has 1 aromatic carbocycles. The van der Waals surface area contributed by atoms with E-state index in [1.807, 2.05) is 36.4 Å². The molecular formula is C15H16BN3O. The molecule has 2 aromatic rings.